The lowest BCUT2D eigenvalue weighted by molar-refractivity contribution is 0.449. The van der Waals surface area contributed by atoms with Crippen LogP contribution in [0.4, 0.5) is 4.39 Å². The van der Waals surface area contributed by atoms with Crippen molar-refractivity contribution in [2.75, 3.05) is 6.54 Å². The molecular formula is C14H19FN2O2S2. The van der Waals surface area contributed by atoms with E-state index in [1.807, 2.05) is 0 Å². The van der Waals surface area contributed by atoms with Gasteiger partial charge in [-0.05, 0) is 36.8 Å². The molecule has 1 aromatic rings. The molecule has 0 amide bonds. The number of hydrogen-bond acceptors (Lipinski definition) is 3. The normalized spacial score (nSPS) is 16.7. The number of thiocarbonyl (C=S) groups is 1. The minimum Gasteiger partial charge on any atom is -0.389 e. The Balaban J connectivity index is 2.24. The lowest BCUT2D eigenvalue weighted by Gasteiger charge is -2.16. The quantitative estimate of drug-likeness (QED) is 0.753. The van der Waals surface area contributed by atoms with E-state index in [1.54, 1.807) is 0 Å². The van der Waals surface area contributed by atoms with Crippen molar-refractivity contribution < 1.29 is 12.8 Å². The van der Waals surface area contributed by atoms with E-state index < -0.39 is 15.8 Å². The number of halogens is 1. The van der Waals surface area contributed by atoms with Crippen LogP contribution < -0.4 is 10.5 Å². The molecule has 1 aliphatic carbocycles. The first-order valence-electron chi connectivity index (χ1n) is 6.89. The average molecular weight is 330 g/mol. The van der Waals surface area contributed by atoms with Crippen LogP contribution in [0.3, 0.4) is 0 Å². The van der Waals surface area contributed by atoms with Gasteiger partial charge in [0.2, 0.25) is 10.0 Å². The summed E-state index contributed by atoms with van der Waals surface area (Å²) in [4.78, 5) is -0.453. The molecule has 1 fully saturated rings. The summed E-state index contributed by atoms with van der Waals surface area (Å²) >= 11 is 4.76. The summed E-state index contributed by atoms with van der Waals surface area (Å²) in [6.45, 7) is 2.45. The SMILES string of the molecule is CCCC1(CNS(=O)(=O)c2cccc(F)c2C(N)=S)CC1. The second-order valence-electron chi connectivity index (χ2n) is 5.55. The molecule has 0 heterocycles. The summed E-state index contributed by atoms with van der Waals surface area (Å²) < 4.78 is 41.1. The molecule has 0 unspecified atom stereocenters. The van der Waals surface area contributed by atoms with Crippen molar-refractivity contribution in [1.82, 2.24) is 4.72 Å². The van der Waals surface area contributed by atoms with Crippen LogP contribution in [0.1, 0.15) is 38.2 Å². The largest absolute Gasteiger partial charge is 0.389 e. The molecule has 4 nitrogen and oxygen atoms in total. The Hall–Kier alpha value is -1.05. The van der Waals surface area contributed by atoms with Crippen molar-refractivity contribution in [2.45, 2.75) is 37.5 Å². The van der Waals surface area contributed by atoms with Crippen molar-refractivity contribution in [3.63, 3.8) is 0 Å². The van der Waals surface area contributed by atoms with Gasteiger partial charge in [0.15, 0.2) is 0 Å². The fourth-order valence-electron chi connectivity index (χ4n) is 2.52. The van der Waals surface area contributed by atoms with E-state index in [4.69, 9.17) is 18.0 Å². The van der Waals surface area contributed by atoms with E-state index in [0.29, 0.717) is 6.54 Å². The maximum Gasteiger partial charge on any atom is 0.241 e. The molecule has 0 aromatic heterocycles. The molecule has 1 saturated carbocycles. The van der Waals surface area contributed by atoms with Crippen molar-refractivity contribution in [2.24, 2.45) is 11.1 Å². The first-order chi connectivity index (χ1) is 9.81. The van der Waals surface area contributed by atoms with Crippen molar-refractivity contribution >= 4 is 27.2 Å². The first kappa shape index (κ1) is 16.3. The van der Waals surface area contributed by atoms with Crippen LogP contribution in [0.5, 0.6) is 0 Å². The van der Waals surface area contributed by atoms with E-state index >= 15 is 0 Å². The van der Waals surface area contributed by atoms with Gasteiger partial charge in [0, 0.05) is 6.54 Å². The number of hydrogen-bond donors (Lipinski definition) is 2. The molecule has 0 bridgehead atoms. The molecule has 3 N–H and O–H groups in total. The number of nitrogens with two attached hydrogens (primary N) is 1. The van der Waals surface area contributed by atoms with Gasteiger partial charge in [-0.3, -0.25) is 0 Å². The van der Waals surface area contributed by atoms with Gasteiger partial charge < -0.3 is 5.73 Å². The highest BCUT2D eigenvalue weighted by atomic mass is 32.2. The Morgan fingerprint density at radius 3 is 2.67 bits per heavy atom. The third-order valence-corrected chi connectivity index (χ3v) is 5.53. The summed E-state index contributed by atoms with van der Waals surface area (Å²) in [5, 5.41) is 0. The van der Waals surface area contributed by atoms with Crippen LogP contribution in [-0.4, -0.2) is 20.0 Å². The van der Waals surface area contributed by atoms with Gasteiger partial charge in [-0.15, -0.1) is 0 Å². The van der Waals surface area contributed by atoms with Crippen molar-refractivity contribution in [3.8, 4) is 0 Å². The minimum atomic E-state index is -3.83. The fraction of sp³-hybridized carbons (Fsp3) is 0.500. The Labute approximate surface area is 130 Å². The summed E-state index contributed by atoms with van der Waals surface area (Å²) in [6.07, 6.45) is 4.05. The Morgan fingerprint density at radius 2 is 2.14 bits per heavy atom. The van der Waals surface area contributed by atoms with Gasteiger partial charge in [0.05, 0.1) is 10.5 Å². The van der Waals surface area contributed by atoms with Crippen LogP contribution in [-0.2, 0) is 10.0 Å². The van der Waals surface area contributed by atoms with E-state index in [9.17, 15) is 12.8 Å². The first-order valence-corrected chi connectivity index (χ1v) is 8.78. The van der Waals surface area contributed by atoms with E-state index in [0.717, 1.165) is 31.7 Å². The number of rotatable bonds is 7. The number of nitrogens with one attached hydrogen (secondary N) is 1. The van der Waals surface area contributed by atoms with Gasteiger partial charge in [-0.2, -0.15) is 0 Å². The lowest BCUT2D eigenvalue weighted by Crippen LogP contribution is -2.32. The fourth-order valence-corrected chi connectivity index (χ4v) is 4.17. The zero-order valence-electron chi connectivity index (χ0n) is 11.9. The number of sulfonamides is 1. The summed E-state index contributed by atoms with van der Waals surface area (Å²) in [5.74, 6) is -0.722. The van der Waals surface area contributed by atoms with Crippen molar-refractivity contribution in [3.05, 3.63) is 29.6 Å². The zero-order valence-corrected chi connectivity index (χ0v) is 13.5. The van der Waals surface area contributed by atoms with Crippen LogP contribution in [0.2, 0.25) is 0 Å². The molecule has 0 saturated heterocycles. The van der Waals surface area contributed by atoms with Gasteiger partial charge in [0.1, 0.15) is 10.8 Å². The Kier molecular flexibility index (Phi) is 4.65. The Bertz CT molecular complexity index is 655. The highest BCUT2D eigenvalue weighted by Gasteiger charge is 2.42. The van der Waals surface area contributed by atoms with Crippen LogP contribution >= 0.6 is 12.2 Å². The van der Waals surface area contributed by atoms with Crippen LogP contribution in [0, 0.1) is 11.2 Å². The molecule has 1 aromatic carbocycles. The van der Waals surface area contributed by atoms with Gasteiger partial charge >= 0.3 is 0 Å². The molecule has 7 heteroatoms. The minimum absolute atomic E-state index is 0.0680. The Morgan fingerprint density at radius 1 is 1.48 bits per heavy atom. The standard InChI is InChI=1S/C14H19FN2O2S2/c1-2-6-14(7-8-14)9-17-21(18,19)11-5-3-4-10(15)12(11)13(16)20/h3-5,17H,2,6-9H2,1H3,(H2,16,20). The second-order valence-corrected chi connectivity index (χ2v) is 7.73. The second kappa shape index (κ2) is 5.98. The summed E-state index contributed by atoms with van der Waals surface area (Å²) in [7, 11) is -3.83. The monoisotopic (exact) mass is 330 g/mol. The average Bonchev–Trinajstić information content (AvgIpc) is 3.17. The topological polar surface area (TPSA) is 72.2 Å². The molecule has 0 atom stereocenters. The summed E-state index contributed by atoms with van der Waals surface area (Å²) in [5.41, 5.74) is 5.30. The highest BCUT2D eigenvalue weighted by molar-refractivity contribution is 7.89. The van der Waals surface area contributed by atoms with Gasteiger partial charge in [-0.25, -0.2) is 17.5 Å². The molecule has 0 radical (unpaired) electrons. The van der Waals surface area contributed by atoms with Crippen molar-refractivity contribution in [1.29, 1.82) is 0 Å². The van der Waals surface area contributed by atoms with Crippen LogP contribution in [0.25, 0.3) is 0 Å². The molecule has 116 valence electrons. The zero-order chi connectivity index (χ0) is 15.7. The third-order valence-electron chi connectivity index (χ3n) is 3.89. The molecule has 21 heavy (non-hydrogen) atoms. The molecule has 0 spiro atoms. The third kappa shape index (κ3) is 3.59. The predicted molar refractivity (Wildman–Crippen MR) is 84.1 cm³/mol. The number of benzene rings is 1. The molecule has 1 aliphatic rings. The smallest absolute Gasteiger partial charge is 0.241 e. The molecular weight excluding hydrogens is 311 g/mol. The van der Waals surface area contributed by atoms with Gasteiger partial charge in [0.25, 0.3) is 0 Å². The van der Waals surface area contributed by atoms with E-state index in [1.165, 1.54) is 12.1 Å². The maximum atomic E-state index is 13.8. The predicted octanol–water partition coefficient (Wildman–Crippen LogP) is 2.32. The van der Waals surface area contributed by atoms with Gasteiger partial charge in [-0.1, -0.05) is 31.6 Å². The van der Waals surface area contributed by atoms with E-state index in [-0.39, 0.29) is 20.9 Å². The molecule has 0 aliphatic heterocycles. The summed E-state index contributed by atoms with van der Waals surface area (Å²) in [6, 6.07) is 3.80. The van der Waals surface area contributed by atoms with Crippen LogP contribution in [0.15, 0.2) is 23.1 Å². The highest BCUT2D eigenvalue weighted by Crippen LogP contribution is 2.49. The van der Waals surface area contributed by atoms with E-state index in [2.05, 4.69) is 11.6 Å². The maximum absolute atomic E-state index is 13.8. The lowest BCUT2D eigenvalue weighted by atomic mass is 10.0. The molecule has 2 rings (SSSR count).